The van der Waals surface area contributed by atoms with Crippen LogP contribution < -0.4 is 5.73 Å². The summed E-state index contributed by atoms with van der Waals surface area (Å²) in [4.78, 5) is 18.6. The van der Waals surface area contributed by atoms with E-state index in [0.29, 0.717) is 15.9 Å². The highest BCUT2D eigenvalue weighted by Crippen LogP contribution is 2.27. The molecule has 2 aromatic rings. The maximum Gasteiger partial charge on any atom is 0.265 e. The van der Waals surface area contributed by atoms with Crippen LogP contribution in [0.5, 0.6) is 0 Å². The molecule has 19 heavy (non-hydrogen) atoms. The standard InChI is InChI=1S/C12H15N5OS/c13-12-14-7-10(19-12)11(18)17-5-2-8(3-6-17)9-1-4-15-16-9/h1,4,7-8H,2-3,5-6H2,(H2,13,14)(H,15,16). The third-order valence-corrected chi connectivity index (χ3v) is 4.29. The molecule has 0 unspecified atom stereocenters. The van der Waals surface area contributed by atoms with Gasteiger partial charge in [-0.1, -0.05) is 11.3 Å². The number of rotatable bonds is 2. The Labute approximate surface area is 114 Å². The van der Waals surface area contributed by atoms with Gasteiger partial charge in [0.2, 0.25) is 0 Å². The van der Waals surface area contributed by atoms with Crippen molar-refractivity contribution in [3.63, 3.8) is 0 Å². The molecule has 3 heterocycles. The first kappa shape index (κ1) is 12.2. The lowest BCUT2D eigenvalue weighted by Crippen LogP contribution is -2.37. The predicted octanol–water partition coefficient (Wildman–Crippen LogP) is 1.47. The number of amides is 1. The number of aromatic amines is 1. The quantitative estimate of drug-likeness (QED) is 0.870. The van der Waals surface area contributed by atoms with Crippen LogP contribution in [0.3, 0.4) is 0 Å². The number of nitrogen functional groups attached to an aromatic ring is 1. The average molecular weight is 277 g/mol. The second-order valence-electron chi connectivity index (χ2n) is 4.64. The first-order chi connectivity index (χ1) is 9.24. The van der Waals surface area contributed by atoms with Gasteiger partial charge in [-0.3, -0.25) is 9.89 Å². The van der Waals surface area contributed by atoms with Crippen LogP contribution in [-0.4, -0.2) is 39.1 Å². The number of nitrogens with zero attached hydrogens (tertiary/aromatic N) is 3. The Morgan fingerprint density at radius 1 is 1.47 bits per heavy atom. The van der Waals surface area contributed by atoms with E-state index in [4.69, 9.17) is 5.73 Å². The molecular weight excluding hydrogens is 262 g/mol. The molecule has 0 atom stereocenters. The van der Waals surface area contributed by atoms with Crippen LogP contribution in [0.15, 0.2) is 18.5 Å². The van der Waals surface area contributed by atoms with Crippen LogP contribution in [0, 0.1) is 0 Å². The minimum absolute atomic E-state index is 0.0391. The SMILES string of the molecule is Nc1ncc(C(=O)N2CCC(c3ccn[nH]3)CC2)s1. The number of piperidine rings is 1. The van der Waals surface area contributed by atoms with E-state index in [9.17, 15) is 4.79 Å². The highest BCUT2D eigenvalue weighted by Gasteiger charge is 2.26. The molecular formula is C12H15N5OS. The Bertz CT molecular complexity index is 556. The lowest BCUT2D eigenvalue weighted by molar-refractivity contribution is 0.0717. The minimum Gasteiger partial charge on any atom is -0.375 e. The minimum atomic E-state index is 0.0391. The van der Waals surface area contributed by atoms with Crippen LogP contribution in [0.25, 0.3) is 0 Å². The zero-order chi connectivity index (χ0) is 13.2. The van der Waals surface area contributed by atoms with Crippen molar-refractivity contribution >= 4 is 22.4 Å². The normalized spacial score (nSPS) is 16.7. The van der Waals surface area contributed by atoms with Gasteiger partial charge in [0.15, 0.2) is 5.13 Å². The van der Waals surface area contributed by atoms with Crippen molar-refractivity contribution in [1.82, 2.24) is 20.1 Å². The van der Waals surface area contributed by atoms with Gasteiger partial charge in [-0.25, -0.2) is 4.98 Å². The monoisotopic (exact) mass is 277 g/mol. The van der Waals surface area contributed by atoms with Crippen molar-refractivity contribution < 1.29 is 4.79 Å². The van der Waals surface area contributed by atoms with E-state index in [1.807, 2.05) is 11.0 Å². The molecule has 0 spiro atoms. The number of carbonyl (C=O) groups excluding carboxylic acids is 1. The second-order valence-corrected chi connectivity index (χ2v) is 5.70. The predicted molar refractivity (Wildman–Crippen MR) is 73.0 cm³/mol. The maximum absolute atomic E-state index is 12.2. The van der Waals surface area contributed by atoms with E-state index >= 15 is 0 Å². The van der Waals surface area contributed by atoms with Gasteiger partial charge in [0.1, 0.15) is 4.88 Å². The van der Waals surface area contributed by atoms with Gasteiger partial charge in [0.05, 0.1) is 6.20 Å². The molecule has 0 aromatic carbocycles. The molecule has 0 aliphatic carbocycles. The topological polar surface area (TPSA) is 87.9 Å². The zero-order valence-electron chi connectivity index (χ0n) is 10.4. The first-order valence-electron chi connectivity index (χ1n) is 6.24. The average Bonchev–Trinajstić information content (AvgIpc) is 3.09. The highest BCUT2D eigenvalue weighted by atomic mass is 32.1. The largest absolute Gasteiger partial charge is 0.375 e. The van der Waals surface area contributed by atoms with Crippen molar-refractivity contribution in [3.05, 3.63) is 29.0 Å². The fourth-order valence-electron chi connectivity index (χ4n) is 2.43. The molecule has 0 bridgehead atoms. The lowest BCUT2D eigenvalue weighted by atomic mass is 9.93. The van der Waals surface area contributed by atoms with Gasteiger partial charge < -0.3 is 10.6 Å². The third kappa shape index (κ3) is 2.46. The molecule has 100 valence electrons. The van der Waals surface area contributed by atoms with E-state index in [1.54, 1.807) is 12.4 Å². The fraction of sp³-hybridized carbons (Fsp3) is 0.417. The number of aromatic nitrogens is 3. The summed E-state index contributed by atoms with van der Waals surface area (Å²) in [5.74, 6) is 0.510. The molecule has 7 heteroatoms. The van der Waals surface area contributed by atoms with Crippen molar-refractivity contribution in [2.75, 3.05) is 18.8 Å². The van der Waals surface area contributed by atoms with Crippen LogP contribution in [0.4, 0.5) is 5.13 Å². The summed E-state index contributed by atoms with van der Waals surface area (Å²) in [6.45, 7) is 1.53. The van der Waals surface area contributed by atoms with Crippen molar-refractivity contribution in [2.24, 2.45) is 0 Å². The van der Waals surface area contributed by atoms with E-state index in [2.05, 4.69) is 15.2 Å². The number of nitrogens with two attached hydrogens (primary N) is 1. The number of hydrogen-bond donors (Lipinski definition) is 2. The molecule has 2 aromatic heterocycles. The number of thiazole rings is 1. The smallest absolute Gasteiger partial charge is 0.265 e. The molecule has 0 saturated carbocycles. The van der Waals surface area contributed by atoms with Crippen molar-refractivity contribution in [2.45, 2.75) is 18.8 Å². The fourth-order valence-corrected chi connectivity index (χ4v) is 3.08. The molecule has 0 radical (unpaired) electrons. The second kappa shape index (κ2) is 5.00. The Kier molecular flexibility index (Phi) is 3.20. The molecule has 1 aliphatic heterocycles. The Morgan fingerprint density at radius 3 is 2.84 bits per heavy atom. The van der Waals surface area contributed by atoms with Gasteiger partial charge in [-0.2, -0.15) is 5.10 Å². The van der Waals surface area contributed by atoms with Crippen LogP contribution in [0.2, 0.25) is 0 Å². The van der Waals surface area contributed by atoms with Crippen molar-refractivity contribution in [1.29, 1.82) is 0 Å². The summed E-state index contributed by atoms with van der Waals surface area (Å²) in [5.41, 5.74) is 6.72. The van der Waals surface area contributed by atoms with Gasteiger partial charge in [0.25, 0.3) is 5.91 Å². The number of H-pyrrole nitrogens is 1. The summed E-state index contributed by atoms with van der Waals surface area (Å²) >= 11 is 1.25. The third-order valence-electron chi connectivity index (χ3n) is 3.48. The number of carbonyl (C=O) groups is 1. The number of anilines is 1. The Hall–Kier alpha value is -1.89. The molecule has 1 amide bonds. The van der Waals surface area contributed by atoms with Gasteiger partial charge in [0, 0.05) is 30.9 Å². The van der Waals surface area contributed by atoms with E-state index in [0.717, 1.165) is 31.6 Å². The molecule has 3 N–H and O–H groups in total. The zero-order valence-corrected chi connectivity index (χ0v) is 11.2. The van der Waals surface area contributed by atoms with E-state index in [1.165, 1.54) is 11.3 Å². The summed E-state index contributed by atoms with van der Waals surface area (Å²) in [5, 5.41) is 7.42. The van der Waals surface area contributed by atoms with Crippen molar-refractivity contribution in [3.8, 4) is 0 Å². The Morgan fingerprint density at radius 2 is 2.26 bits per heavy atom. The maximum atomic E-state index is 12.2. The van der Waals surface area contributed by atoms with Crippen LogP contribution in [0.1, 0.15) is 34.1 Å². The van der Waals surface area contributed by atoms with Gasteiger partial charge >= 0.3 is 0 Å². The van der Waals surface area contributed by atoms with E-state index in [-0.39, 0.29) is 5.91 Å². The molecule has 6 nitrogen and oxygen atoms in total. The number of nitrogens with one attached hydrogen (secondary N) is 1. The van der Waals surface area contributed by atoms with Crippen LogP contribution in [-0.2, 0) is 0 Å². The van der Waals surface area contributed by atoms with Gasteiger partial charge in [-0.15, -0.1) is 0 Å². The summed E-state index contributed by atoms with van der Waals surface area (Å²) < 4.78 is 0. The highest BCUT2D eigenvalue weighted by molar-refractivity contribution is 7.17. The summed E-state index contributed by atoms with van der Waals surface area (Å²) in [6, 6.07) is 2.01. The summed E-state index contributed by atoms with van der Waals surface area (Å²) in [6.07, 6.45) is 5.25. The Balaban J connectivity index is 1.62. The molecule has 1 saturated heterocycles. The summed E-state index contributed by atoms with van der Waals surface area (Å²) in [7, 11) is 0. The molecule has 1 aliphatic rings. The van der Waals surface area contributed by atoms with Crippen LogP contribution >= 0.6 is 11.3 Å². The van der Waals surface area contributed by atoms with Gasteiger partial charge in [-0.05, 0) is 18.9 Å². The number of hydrogen-bond acceptors (Lipinski definition) is 5. The van der Waals surface area contributed by atoms with E-state index < -0.39 is 0 Å². The number of likely N-dealkylation sites (tertiary alicyclic amines) is 1. The first-order valence-corrected chi connectivity index (χ1v) is 7.05. The lowest BCUT2D eigenvalue weighted by Gasteiger charge is -2.31. The molecule has 3 rings (SSSR count). The molecule has 1 fully saturated rings.